The third-order valence-corrected chi connectivity index (χ3v) is 8.99. The van der Waals surface area contributed by atoms with Crippen molar-refractivity contribution in [1.29, 1.82) is 0 Å². The standard InChI is InChI=1S/C21H25N3O4S3/c1-13-14(2)30-21-18(13)20(26)23-17(24-21)12-29-15(3)19(25)22-10-7-11-31(27,28)16-8-5-4-6-9-16/h4-6,8-9,15H,7,10-12H2,1-3H3,(H,22,25)(H,23,24,26). The summed E-state index contributed by atoms with van der Waals surface area (Å²) in [6.45, 7) is 5.94. The molecule has 2 aromatic heterocycles. The maximum absolute atomic E-state index is 12.3. The summed E-state index contributed by atoms with van der Waals surface area (Å²) in [6.07, 6.45) is 0.336. The van der Waals surface area contributed by atoms with E-state index in [0.29, 0.717) is 33.1 Å². The molecule has 0 spiro atoms. The second kappa shape index (κ2) is 9.97. The summed E-state index contributed by atoms with van der Waals surface area (Å²) in [4.78, 5) is 34.1. The van der Waals surface area contributed by atoms with E-state index in [9.17, 15) is 18.0 Å². The van der Waals surface area contributed by atoms with Crippen molar-refractivity contribution < 1.29 is 13.2 Å². The van der Waals surface area contributed by atoms with Gasteiger partial charge in [-0.2, -0.15) is 0 Å². The minimum absolute atomic E-state index is 0.0242. The Kier molecular flexibility index (Phi) is 7.55. The predicted molar refractivity (Wildman–Crippen MR) is 127 cm³/mol. The zero-order valence-corrected chi connectivity index (χ0v) is 20.0. The second-order valence-electron chi connectivity index (χ2n) is 7.21. The monoisotopic (exact) mass is 479 g/mol. The number of carbonyl (C=O) groups is 1. The maximum atomic E-state index is 12.3. The quantitative estimate of drug-likeness (QED) is 0.456. The predicted octanol–water partition coefficient (Wildman–Crippen LogP) is 3.20. The fourth-order valence-electron chi connectivity index (χ4n) is 3.01. The van der Waals surface area contributed by atoms with Crippen molar-refractivity contribution in [1.82, 2.24) is 15.3 Å². The van der Waals surface area contributed by atoms with Crippen molar-refractivity contribution in [3.8, 4) is 0 Å². The number of hydrogen-bond acceptors (Lipinski definition) is 7. The molecule has 0 fully saturated rings. The zero-order valence-electron chi connectivity index (χ0n) is 17.6. The lowest BCUT2D eigenvalue weighted by Crippen LogP contribution is -2.32. The van der Waals surface area contributed by atoms with Crippen molar-refractivity contribution in [2.24, 2.45) is 0 Å². The van der Waals surface area contributed by atoms with Gasteiger partial charge in [-0.05, 0) is 44.9 Å². The molecule has 166 valence electrons. The van der Waals surface area contributed by atoms with Crippen molar-refractivity contribution in [3.05, 3.63) is 57.0 Å². The van der Waals surface area contributed by atoms with Crippen LogP contribution >= 0.6 is 23.1 Å². The molecule has 1 aromatic carbocycles. The lowest BCUT2D eigenvalue weighted by atomic mass is 10.2. The molecule has 0 radical (unpaired) electrons. The fourth-order valence-corrected chi connectivity index (χ4v) is 6.17. The van der Waals surface area contributed by atoms with Crippen LogP contribution in [0.5, 0.6) is 0 Å². The summed E-state index contributed by atoms with van der Waals surface area (Å²) in [5.41, 5.74) is 0.800. The fraction of sp³-hybridized carbons (Fsp3) is 0.381. The topological polar surface area (TPSA) is 109 Å². The number of rotatable bonds is 9. The van der Waals surface area contributed by atoms with Crippen LogP contribution in [0.3, 0.4) is 0 Å². The molecule has 1 atom stereocenters. The minimum atomic E-state index is -3.35. The van der Waals surface area contributed by atoms with Crippen LogP contribution in [0.15, 0.2) is 40.0 Å². The summed E-state index contributed by atoms with van der Waals surface area (Å²) in [5, 5.41) is 3.05. The highest BCUT2D eigenvalue weighted by Gasteiger charge is 2.17. The Morgan fingerprint density at radius 1 is 1.26 bits per heavy atom. The van der Waals surface area contributed by atoms with Crippen molar-refractivity contribution in [2.45, 2.75) is 43.1 Å². The molecule has 2 N–H and O–H groups in total. The number of thioether (sulfide) groups is 1. The van der Waals surface area contributed by atoms with Crippen LogP contribution < -0.4 is 10.9 Å². The number of aryl methyl sites for hydroxylation is 2. The summed E-state index contributed by atoms with van der Waals surface area (Å²) in [7, 11) is -3.35. The minimum Gasteiger partial charge on any atom is -0.355 e. The number of nitrogens with zero attached hydrogens (tertiary/aromatic N) is 1. The summed E-state index contributed by atoms with van der Waals surface area (Å²) >= 11 is 2.86. The number of carbonyl (C=O) groups excluding carboxylic acids is 1. The number of hydrogen-bond donors (Lipinski definition) is 2. The van der Waals surface area contributed by atoms with Crippen LogP contribution in [0, 0.1) is 13.8 Å². The number of sulfone groups is 1. The van der Waals surface area contributed by atoms with Crippen LogP contribution in [0.2, 0.25) is 0 Å². The van der Waals surface area contributed by atoms with E-state index in [1.54, 1.807) is 37.3 Å². The van der Waals surface area contributed by atoms with Crippen LogP contribution in [0.25, 0.3) is 10.2 Å². The Morgan fingerprint density at radius 3 is 2.68 bits per heavy atom. The van der Waals surface area contributed by atoms with E-state index in [4.69, 9.17) is 0 Å². The van der Waals surface area contributed by atoms with Crippen molar-refractivity contribution in [2.75, 3.05) is 12.3 Å². The van der Waals surface area contributed by atoms with Gasteiger partial charge in [0.2, 0.25) is 5.91 Å². The molecule has 0 aliphatic rings. The first kappa shape index (κ1) is 23.5. The Balaban J connectivity index is 1.48. The molecule has 3 rings (SSSR count). The van der Waals surface area contributed by atoms with Gasteiger partial charge in [0.15, 0.2) is 9.84 Å². The van der Waals surface area contributed by atoms with Gasteiger partial charge in [0.05, 0.1) is 27.0 Å². The molecular weight excluding hydrogens is 454 g/mol. The smallest absolute Gasteiger partial charge is 0.259 e. The van der Waals surface area contributed by atoms with E-state index in [1.165, 1.54) is 23.1 Å². The van der Waals surface area contributed by atoms with E-state index in [-0.39, 0.29) is 29.0 Å². The van der Waals surface area contributed by atoms with Gasteiger partial charge in [0, 0.05) is 11.4 Å². The molecule has 0 aliphatic heterocycles. The summed E-state index contributed by atoms with van der Waals surface area (Å²) < 4.78 is 24.5. The Bertz CT molecular complexity index is 1230. The number of amides is 1. The highest BCUT2D eigenvalue weighted by atomic mass is 32.2. The van der Waals surface area contributed by atoms with Crippen LogP contribution in [-0.2, 0) is 20.4 Å². The van der Waals surface area contributed by atoms with E-state index in [1.807, 2.05) is 13.8 Å². The molecular formula is C21H25N3O4S3. The number of fused-ring (bicyclic) bond motifs is 1. The normalized spacial score (nSPS) is 12.7. The maximum Gasteiger partial charge on any atom is 0.259 e. The molecule has 0 saturated carbocycles. The van der Waals surface area contributed by atoms with E-state index < -0.39 is 9.84 Å². The average molecular weight is 480 g/mol. The molecule has 3 aromatic rings. The van der Waals surface area contributed by atoms with Crippen LogP contribution in [0.1, 0.15) is 29.6 Å². The molecule has 0 saturated heterocycles. The number of benzene rings is 1. The van der Waals surface area contributed by atoms with E-state index in [0.717, 1.165) is 10.4 Å². The first-order valence-corrected chi connectivity index (χ1v) is 13.4. The molecule has 1 amide bonds. The second-order valence-corrected chi connectivity index (χ2v) is 11.8. The Labute approximate surface area is 189 Å². The first-order valence-electron chi connectivity index (χ1n) is 9.85. The third-order valence-electron chi connectivity index (χ3n) is 4.92. The molecule has 10 heteroatoms. The lowest BCUT2D eigenvalue weighted by molar-refractivity contribution is -0.120. The molecule has 0 aliphatic carbocycles. The van der Waals surface area contributed by atoms with Crippen LogP contribution in [-0.4, -0.2) is 41.8 Å². The molecule has 31 heavy (non-hydrogen) atoms. The molecule has 7 nitrogen and oxygen atoms in total. The Morgan fingerprint density at radius 2 is 1.97 bits per heavy atom. The number of thiophene rings is 1. The number of aromatic nitrogens is 2. The zero-order chi connectivity index (χ0) is 22.6. The molecule has 2 heterocycles. The number of aromatic amines is 1. The van der Waals surface area contributed by atoms with Crippen molar-refractivity contribution in [3.63, 3.8) is 0 Å². The Hall–Kier alpha value is -2.17. The third kappa shape index (κ3) is 5.75. The van der Waals surface area contributed by atoms with Crippen molar-refractivity contribution >= 4 is 49.1 Å². The largest absolute Gasteiger partial charge is 0.355 e. The van der Waals surface area contributed by atoms with E-state index in [2.05, 4.69) is 15.3 Å². The van der Waals surface area contributed by atoms with Gasteiger partial charge >= 0.3 is 0 Å². The highest BCUT2D eigenvalue weighted by Crippen LogP contribution is 2.26. The van der Waals surface area contributed by atoms with Gasteiger partial charge in [-0.25, -0.2) is 13.4 Å². The summed E-state index contributed by atoms with van der Waals surface area (Å²) in [5.74, 6) is 0.743. The molecule has 0 bridgehead atoms. The van der Waals surface area contributed by atoms with Crippen LogP contribution in [0.4, 0.5) is 0 Å². The average Bonchev–Trinajstić information content (AvgIpc) is 3.03. The summed E-state index contributed by atoms with van der Waals surface area (Å²) in [6, 6.07) is 8.29. The number of H-pyrrole nitrogens is 1. The molecule has 1 unspecified atom stereocenters. The highest BCUT2D eigenvalue weighted by molar-refractivity contribution is 7.99. The van der Waals surface area contributed by atoms with Gasteiger partial charge < -0.3 is 10.3 Å². The van der Waals surface area contributed by atoms with Gasteiger partial charge in [-0.1, -0.05) is 18.2 Å². The van der Waals surface area contributed by atoms with Gasteiger partial charge in [-0.15, -0.1) is 23.1 Å². The van der Waals surface area contributed by atoms with Gasteiger partial charge in [-0.3, -0.25) is 9.59 Å². The van der Waals surface area contributed by atoms with Gasteiger partial charge in [0.25, 0.3) is 5.56 Å². The van der Waals surface area contributed by atoms with E-state index >= 15 is 0 Å². The van der Waals surface area contributed by atoms with Gasteiger partial charge in [0.1, 0.15) is 10.7 Å². The first-order chi connectivity index (χ1) is 14.7. The lowest BCUT2D eigenvalue weighted by Gasteiger charge is -2.12. The SMILES string of the molecule is Cc1sc2nc(CSC(C)C(=O)NCCCS(=O)(=O)c3ccccc3)[nH]c(=O)c2c1C. The number of nitrogens with one attached hydrogen (secondary N) is 2.